The fraction of sp³-hybridized carbons (Fsp3) is 0.778. The molecule has 0 fully saturated rings. The molecule has 0 aromatic heterocycles. The van der Waals surface area contributed by atoms with Crippen LogP contribution in [0.1, 0.15) is 19.8 Å². The van der Waals surface area contributed by atoms with E-state index in [4.69, 9.17) is 11.5 Å². The van der Waals surface area contributed by atoms with Crippen LogP contribution in [0.3, 0.4) is 0 Å². The zero-order valence-electron chi connectivity index (χ0n) is 9.16. The van der Waals surface area contributed by atoms with E-state index in [9.17, 15) is 4.79 Å². The maximum Gasteiger partial charge on any atom is 0.185 e. The summed E-state index contributed by atoms with van der Waals surface area (Å²) in [6.45, 7) is 2.19. The van der Waals surface area contributed by atoms with Gasteiger partial charge in [-0.15, -0.1) is 0 Å². The number of guanidine groups is 1. The van der Waals surface area contributed by atoms with E-state index in [1.807, 2.05) is 19.0 Å². The second kappa shape index (κ2) is 6.37. The Labute approximate surface area is 85.2 Å². The number of likely N-dealkylation sites (N-methyl/N-ethyl adjacent to an activating group) is 1. The van der Waals surface area contributed by atoms with Gasteiger partial charge in [0.2, 0.25) is 0 Å². The number of carbonyl (C=O) groups is 1. The van der Waals surface area contributed by atoms with Gasteiger partial charge < -0.3 is 11.5 Å². The van der Waals surface area contributed by atoms with Crippen molar-refractivity contribution in [2.45, 2.75) is 25.8 Å². The highest BCUT2D eigenvalue weighted by molar-refractivity contribution is 5.81. The summed E-state index contributed by atoms with van der Waals surface area (Å²) in [5.74, 6) is 0.286. The van der Waals surface area contributed by atoms with Crippen LogP contribution in [0, 0.1) is 0 Å². The fourth-order valence-electron chi connectivity index (χ4n) is 1.32. The van der Waals surface area contributed by atoms with Gasteiger partial charge in [-0.25, -0.2) is 0 Å². The number of Topliss-reactive ketones (excluding diaryl/α,β-unsaturated/α-hetero) is 1. The Hall–Kier alpha value is -1.10. The van der Waals surface area contributed by atoms with Crippen LogP contribution in [0.2, 0.25) is 0 Å². The third kappa shape index (κ3) is 5.53. The van der Waals surface area contributed by atoms with E-state index in [0.29, 0.717) is 6.54 Å². The van der Waals surface area contributed by atoms with Crippen LogP contribution in [0.5, 0.6) is 0 Å². The number of aliphatic imine (C=N–C) groups is 1. The van der Waals surface area contributed by atoms with Crippen molar-refractivity contribution in [2.75, 3.05) is 20.6 Å². The topological polar surface area (TPSA) is 84.7 Å². The minimum atomic E-state index is -0.0239. The van der Waals surface area contributed by atoms with E-state index < -0.39 is 0 Å². The molecule has 5 heteroatoms. The SMILES string of the molecule is CC(=O)C(CCCN=C(N)N)N(C)C. The normalized spacial score (nSPS) is 12.6. The molecule has 0 aliphatic carbocycles. The molecule has 0 aromatic rings. The van der Waals surface area contributed by atoms with Crippen molar-refractivity contribution in [1.82, 2.24) is 4.90 Å². The first-order chi connectivity index (χ1) is 6.45. The number of hydrogen-bond acceptors (Lipinski definition) is 3. The lowest BCUT2D eigenvalue weighted by Gasteiger charge is -2.20. The molecule has 0 radical (unpaired) electrons. The Morgan fingerprint density at radius 2 is 2.00 bits per heavy atom. The van der Waals surface area contributed by atoms with Crippen molar-refractivity contribution in [3.05, 3.63) is 0 Å². The van der Waals surface area contributed by atoms with E-state index in [-0.39, 0.29) is 17.8 Å². The van der Waals surface area contributed by atoms with Gasteiger partial charge in [-0.2, -0.15) is 0 Å². The predicted octanol–water partition coefficient (Wildman–Crippen LogP) is -0.441. The molecule has 82 valence electrons. The number of hydrogen-bond donors (Lipinski definition) is 2. The molecule has 0 amide bonds. The largest absolute Gasteiger partial charge is 0.370 e. The zero-order valence-corrected chi connectivity index (χ0v) is 9.16. The van der Waals surface area contributed by atoms with Gasteiger partial charge in [-0.1, -0.05) is 0 Å². The third-order valence-corrected chi connectivity index (χ3v) is 2.02. The maximum absolute atomic E-state index is 11.2. The molecule has 5 nitrogen and oxygen atoms in total. The zero-order chi connectivity index (χ0) is 11.1. The van der Waals surface area contributed by atoms with Gasteiger partial charge in [0.05, 0.1) is 6.04 Å². The summed E-state index contributed by atoms with van der Waals surface area (Å²) in [6.07, 6.45) is 1.61. The summed E-state index contributed by atoms with van der Waals surface area (Å²) in [5.41, 5.74) is 10.4. The fourth-order valence-corrected chi connectivity index (χ4v) is 1.32. The van der Waals surface area contributed by atoms with Crippen LogP contribution in [-0.2, 0) is 4.79 Å². The Bertz CT molecular complexity index is 209. The molecular formula is C9H20N4O. The molecule has 14 heavy (non-hydrogen) atoms. The lowest BCUT2D eigenvalue weighted by Crippen LogP contribution is -2.34. The van der Waals surface area contributed by atoms with Crippen LogP contribution in [0.15, 0.2) is 4.99 Å². The second-order valence-electron chi connectivity index (χ2n) is 3.54. The first-order valence-corrected chi connectivity index (χ1v) is 4.67. The van der Waals surface area contributed by atoms with Crippen molar-refractivity contribution in [3.63, 3.8) is 0 Å². The highest BCUT2D eigenvalue weighted by Gasteiger charge is 2.15. The van der Waals surface area contributed by atoms with Gasteiger partial charge in [-0.3, -0.25) is 14.7 Å². The summed E-state index contributed by atoms with van der Waals surface area (Å²) in [5, 5.41) is 0. The van der Waals surface area contributed by atoms with Crippen LogP contribution in [-0.4, -0.2) is 43.3 Å². The van der Waals surface area contributed by atoms with Gasteiger partial charge in [0.15, 0.2) is 5.96 Å². The minimum Gasteiger partial charge on any atom is -0.370 e. The van der Waals surface area contributed by atoms with E-state index in [2.05, 4.69) is 4.99 Å². The summed E-state index contributed by atoms with van der Waals surface area (Å²) in [4.78, 5) is 17.0. The lowest BCUT2D eigenvalue weighted by atomic mass is 10.1. The van der Waals surface area contributed by atoms with Crippen LogP contribution < -0.4 is 11.5 Å². The molecule has 0 aliphatic rings. The monoisotopic (exact) mass is 200 g/mol. The molecule has 0 aliphatic heterocycles. The molecule has 0 spiro atoms. The van der Waals surface area contributed by atoms with E-state index in [1.54, 1.807) is 6.92 Å². The lowest BCUT2D eigenvalue weighted by molar-refractivity contribution is -0.121. The number of carbonyl (C=O) groups excluding carboxylic acids is 1. The van der Waals surface area contributed by atoms with Gasteiger partial charge in [-0.05, 0) is 33.9 Å². The predicted molar refractivity (Wildman–Crippen MR) is 58.1 cm³/mol. The molecule has 0 saturated heterocycles. The molecule has 0 saturated carbocycles. The van der Waals surface area contributed by atoms with Crippen LogP contribution in [0.25, 0.3) is 0 Å². The summed E-state index contributed by atoms with van der Waals surface area (Å²) >= 11 is 0. The third-order valence-electron chi connectivity index (χ3n) is 2.02. The van der Waals surface area contributed by atoms with Gasteiger partial charge in [0.1, 0.15) is 5.78 Å². The van der Waals surface area contributed by atoms with Crippen molar-refractivity contribution in [1.29, 1.82) is 0 Å². The Morgan fingerprint density at radius 1 is 1.43 bits per heavy atom. The number of rotatable bonds is 6. The van der Waals surface area contributed by atoms with Crippen molar-refractivity contribution in [2.24, 2.45) is 16.5 Å². The maximum atomic E-state index is 11.2. The minimum absolute atomic E-state index is 0.0239. The number of nitrogens with zero attached hydrogens (tertiary/aromatic N) is 2. The second-order valence-corrected chi connectivity index (χ2v) is 3.54. The smallest absolute Gasteiger partial charge is 0.185 e. The first kappa shape index (κ1) is 12.9. The summed E-state index contributed by atoms with van der Waals surface area (Å²) in [6, 6.07) is -0.0239. The average Bonchev–Trinajstić information content (AvgIpc) is 2.01. The highest BCUT2D eigenvalue weighted by atomic mass is 16.1. The Kier molecular flexibility index (Phi) is 5.87. The average molecular weight is 200 g/mol. The van der Waals surface area contributed by atoms with Gasteiger partial charge >= 0.3 is 0 Å². The quantitative estimate of drug-likeness (QED) is 0.346. The molecule has 0 aromatic carbocycles. The molecule has 0 heterocycles. The van der Waals surface area contributed by atoms with Crippen LogP contribution >= 0.6 is 0 Å². The Balaban J connectivity index is 3.84. The van der Waals surface area contributed by atoms with Gasteiger partial charge in [0.25, 0.3) is 0 Å². The van der Waals surface area contributed by atoms with Gasteiger partial charge in [0, 0.05) is 6.54 Å². The van der Waals surface area contributed by atoms with E-state index in [0.717, 1.165) is 12.8 Å². The van der Waals surface area contributed by atoms with E-state index >= 15 is 0 Å². The Morgan fingerprint density at radius 3 is 2.36 bits per heavy atom. The molecule has 1 unspecified atom stereocenters. The van der Waals surface area contributed by atoms with E-state index in [1.165, 1.54) is 0 Å². The summed E-state index contributed by atoms with van der Waals surface area (Å²) in [7, 11) is 3.79. The number of nitrogens with two attached hydrogens (primary N) is 2. The molecule has 1 atom stereocenters. The molecular weight excluding hydrogens is 180 g/mol. The first-order valence-electron chi connectivity index (χ1n) is 4.67. The van der Waals surface area contributed by atoms with Crippen LogP contribution in [0.4, 0.5) is 0 Å². The molecule has 0 bridgehead atoms. The number of ketones is 1. The summed E-state index contributed by atoms with van der Waals surface area (Å²) < 4.78 is 0. The molecule has 0 rings (SSSR count). The van der Waals surface area contributed by atoms with Crippen molar-refractivity contribution < 1.29 is 4.79 Å². The standard InChI is InChI=1S/C9H20N4O/c1-7(14)8(13(2)3)5-4-6-12-9(10)11/h8H,4-6H2,1-3H3,(H4,10,11,12). The highest BCUT2D eigenvalue weighted by Crippen LogP contribution is 2.04. The van der Waals surface area contributed by atoms with Crippen molar-refractivity contribution >= 4 is 11.7 Å². The van der Waals surface area contributed by atoms with Crippen molar-refractivity contribution in [3.8, 4) is 0 Å². The molecule has 4 N–H and O–H groups in total.